The van der Waals surface area contributed by atoms with Gasteiger partial charge in [-0.25, -0.2) is 9.78 Å². The van der Waals surface area contributed by atoms with Gasteiger partial charge in [0.05, 0.1) is 17.2 Å². The summed E-state index contributed by atoms with van der Waals surface area (Å²) >= 11 is 7.28. The summed E-state index contributed by atoms with van der Waals surface area (Å²) in [6.07, 6.45) is 0. The maximum atomic E-state index is 12.9. The van der Waals surface area contributed by atoms with Gasteiger partial charge in [-0.15, -0.1) is 11.3 Å². The molecule has 3 rings (SSSR count). The molecule has 0 saturated carbocycles. The fourth-order valence-corrected chi connectivity index (χ4v) is 4.39. The van der Waals surface area contributed by atoms with Crippen LogP contribution in [0.5, 0.6) is 0 Å². The van der Waals surface area contributed by atoms with Gasteiger partial charge in [-0.3, -0.25) is 14.5 Å². The molecule has 156 valence electrons. The van der Waals surface area contributed by atoms with E-state index in [0.29, 0.717) is 0 Å². The summed E-state index contributed by atoms with van der Waals surface area (Å²) in [6, 6.07) is 9.16. The van der Waals surface area contributed by atoms with Crippen molar-refractivity contribution in [3.63, 3.8) is 0 Å². The highest BCUT2D eigenvalue weighted by Crippen LogP contribution is 2.37. The highest BCUT2D eigenvalue weighted by molar-refractivity contribution is 8.26. The van der Waals surface area contributed by atoms with Gasteiger partial charge in [0.2, 0.25) is 0 Å². The Labute approximate surface area is 186 Å². The predicted octanol–water partition coefficient (Wildman–Crippen LogP) is 2.60. The summed E-state index contributed by atoms with van der Waals surface area (Å²) in [7, 11) is 0. The molecular weight excluding hydrogens is 446 g/mol. The Balaban J connectivity index is 1.79. The average molecular weight is 464 g/mol. The van der Waals surface area contributed by atoms with Crippen molar-refractivity contribution in [1.82, 2.24) is 9.88 Å². The van der Waals surface area contributed by atoms with Crippen molar-refractivity contribution in [2.75, 3.05) is 18.9 Å². The maximum absolute atomic E-state index is 12.9. The van der Waals surface area contributed by atoms with Crippen LogP contribution in [0.3, 0.4) is 0 Å². The second-order valence-corrected chi connectivity index (χ2v) is 8.43. The lowest BCUT2D eigenvalue weighted by atomic mass is 10.2. The average Bonchev–Trinajstić information content (AvgIpc) is 3.26. The lowest BCUT2D eigenvalue weighted by Gasteiger charge is -2.14. The molecule has 30 heavy (non-hydrogen) atoms. The van der Waals surface area contributed by atoms with E-state index in [1.54, 1.807) is 12.3 Å². The monoisotopic (exact) mass is 463 g/mol. The molecule has 1 aromatic heterocycles. The normalized spacial score (nSPS) is 15.3. The molecule has 11 heteroatoms. The van der Waals surface area contributed by atoms with E-state index in [1.165, 1.54) is 0 Å². The van der Waals surface area contributed by atoms with Gasteiger partial charge in [0.25, 0.3) is 5.91 Å². The van der Waals surface area contributed by atoms with Crippen LogP contribution >= 0.6 is 35.3 Å². The van der Waals surface area contributed by atoms with E-state index >= 15 is 0 Å². The minimum Gasteiger partial charge on any atom is -0.462 e. The minimum atomic E-state index is -0.713. The molecule has 1 aliphatic rings. The lowest BCUT2D eigenvalue weighted by Crippen LogP contribution is -2.34. The van der Waals surface area contributed by atoms with Gasteiger partial charge in [-0.1, -0.05) is 54.3 Å². The number of carbonyl (C=O) groups excluding carboxylic acids is 3. The Morgan fingerprint density at radius 1 is 1.23 bits per heavy atom. The van der Waals surface area contributed by atoms with Gasteiger partial charge in [0.1, 0.15) is 23.0 Å². The van der Waals surface area contributed by atoms with Gasteiger partial charge in [0.15, 0.2) is 5.13 Å². The number of nitrogen functional groups attached to an aromatic ring is 1. The number of nitrogens with two attached hydrogens (primary N) is 1. The van der Waals surface area contributed by atoms with Gasteiger partial charge < -0.3 is 15.2 Å². The molecular formula is C19H17N3O5S3. The highest BCUT2D eigenvalue weighted by Gasteiger charge is 2.39. The lowest BCUT2D eigenvalue weighted by molar-refractivity contribution is -0.147. The number of thioether (sulfide) groups is 1. The van der Waals surface area contributed by atoms with E-state index in [1.807, 2.05) is 30.3 Å². The van der Waals surface area contributed by atoms with E-state index in [0.717, 1.165) is 33.6 Å². The third kappa shape index (κ3) is 5.04. The molecule has 2 heterocycles. The topological polar surface area (TPSA) is 112 Å². The number of ether oxygens (including phenoxy) is 2. The molecule has 0 radical (unpaired) electrons. The fraction of sp³-hybridized carbons (Fsp3) is 0.211. The van der Waals surface area contributed by atoms with Gasteiger partial charge in [0, 0.05) is 5.38 Å². The van der Waals surface area contributed by atoms with E-state index < -0.39 is 17.8 Å². The number of carbonyl (C=O) groups is 3. The Morgan fingerprint density at radius 3 is 2.60 bits per heavy atom. The largest absolute Gasteiger partial charge is 0.462 e. The van der Waals surface area contributed by atoms with Crippen LogP contribution < -0.4 is 5.73 Å². The summed E-state index contributed by atoms with van der Waals surface area (Å²) in [6.45, 7) is 1.49. The van der Waals surface area contributed by atoms with Crippen LogP contribution in [-0.4, -0.2) is 45.2 Å². The van der Waals surface area contributed by atoms with Crippen LogP contribution in [0.4, 0.5) is 5.13 Å². The molecule has 1 aromatic carbocycles. The first kappa shape index (κ1) is 21.9. The SMILES string of the molecule is CCOC(=O)C(=C1SC(=S)N(CC(=O)OCc2ccccc2)C1=O)c1csc(N)n1. The van der Waals surface area contributed by atoms with Crippen LogP contribution in [0.2, 0.25) is 0 Å². The first-order valence-corrected chi connectivity index (χ1v) is 10.9. The third-order valence-corrected chi connectivity index (χ3v) is 5.99. The summed E-state index contributed by atoms with van der Waals surface area (Å²) < 4.78 is 10.4. The number of anilines is 1. The third-order valence-electron chi connectivity index (χ3n) is 3.86. The van der Waals surface area contributed by atoms with E-state index in [9.17, 15) is 14.4 Å². The smallest absolute Gasteiger partial charge is 0.341 e. The number of thiocarbonyl (C=S) groups is 1. The zero-order valence-corrected chi connectivity index (χ0v) is 18.3. The molecule has 8 nitrogen and oxygen atoms in total. The van der Waals surface area contributed by atoms with Crippen molar-refractivity contribution in [2.24, 2.45) is 0 Å². The van der Waals surface area contributed by atoms with E-state index in [2.05, 4.69) is 4.98 Å². The molecule has 1 amide bonds. The number of benzene rings is 1. The Morgan fingerprint density at radius 2 is 1.97 bits per heavy atom. The second kappa shape index (κ2) is 9.83. The molecule has 1 aliphatic heterocycles. The number of rotatable bonds is 7. The van der Waals surface area contributed by atoms with Crippen LogP contribution in [0, 0.1) is 0 Å². The quantitative estimate of drug-likeness (QED) is 0.376. The highest BCUT2D eigenvalue weighted by atomic mass is 32.2. The fourth-order valence-electron chi connectivity index (χ4n) is 2.52. The number of amides is 1. The summed E-state index contributed by atoms with van der Waals surface area (Å²) in [5.74, 6) is -1.92. The molecule has 0 atom stereocenters. The summed E-state index contributed by atoms with van der Waals surface area (Å²) in [5.41, 5.74) is 6.69. The number of hydrogen-bond donors (Lipinski definition) is 1. The van der Waals surface area contributed by atoms with Crippen LogP contribution in [0.1, 0.15) is 18.2 Å². The van der Waals surface area contributed by atoms with Gasteiger partial charge in [-0.2, -0.15) is 0 Å². The minimum absolute atomic E-state index is 0.0256. The standard InChI is InChI=1S/C19H17N3O5S3/c1-2-26-17(25)14(12-10-29-18(20)21-12)15-16(24)22(19(28)30-15)8-13(23)27-9-11-6-4-3-5-7-11/h3-7,10H,2,8-9H2,1H3,(H2,20,21). The summed E-state index contributed by atoms with van der Waals surface area (Å²) in [5, 5.41) is 1.80. The zero-order chi connectivity index (χ0) is 21.7. The zero-order valence-electron chi connectivity index (χ0n) is 15.8. The van der Waals surface area contributed by atoms with Crippen molar-refractivity contribution < 1.29 is 23.9 Å². The molecule has 1 saturated heterocycles. The van der Waals surface area contributed by atoms with Crippen molar-refractivity contribution in [1.29, 1.82) is 0 Å². The van der Waals surface area contributed by atoms with Crippen LogP contribution in [0.15, 0.2) is 40.6 Å². The van der Waals surface area contributed by atoms with E-state index in [4.69, 9.17) is 27.4 Å². The molecule has 2 N–H and O–H groups in total. The van der Waals surface area contributed by atoms with Gasteiger partial charge in [-0.05, 0) is 12.5 Å². The number of nitrogens with zero attached hydrogens (tertiary/aromatic N) is 2. The van der Waals surface area contributed by atoms with Crippen LogP contribution in [0.25, 0.3) is 5.57 Å². The second-order valence-electron chi connectivity index (χ2n) is 5.90. The number of aromatic nitrogens is 1. The Kier molecular flexibility index (Phi) is 7.19. The van der Waals surface area contributed by atoms with E-state index in [-0.39, 0.29) is 45.4 Å². The number of esters is 2. The number of hydrogen-bond acceptors (Lipinski definition) is 10. The maximum Gasteiger partial charge on any atom is 0.341 e. The van der Waals surface area contributed by atoms with Crippen molar-refractivity contribution >= 4 is 68.2 Å². The summed E-state index contributed by atoms with van der Waals surface area (Å²) in [4.78, 5) is 42.9. The van der Waals surface area contributed by atoms with Crippen LogP contribution in [-0.2, 0) is 30.5 Å². The predicted molar refractivity (Wildman–Crippen MR) is 118 cm³/mol. The van der Waals surface area contributed by atoms with Crippen molar-refractivity contribution in [3.8, 4) is 0 Å². The molecule has 2 aromatic rings. The Hall–Kier alpha value is -2.76. The molecule has 1 fully saturated rings. The molecule has 0 aliphatic carbocycles. The Bertz CT molecular complexity index is 1020. The van der Waals surface area contributed by atoms with Crippen molar-refractivity contribution in [3.05, 3.63) is 51.9 Å². The van der Waals surface area contributed by atoms with Crippen molar-refractivity contribution in [2.45, 2.75) is 13.5 Å². The number of thiazole rings is 1. The molecule has 0 bridgehead atoms. The molecule has 0 spiro atoms. The van der Waals surface area contributed by atoms with Gasteiger partial charge >= 0.3 is 11.9 Å². The first-order chi connectivity index (χ1) is 14.4. The molecule has 0 unspecified atom stereocenters. The first-order valence-electron chi connectivity index (χ1n) is 8.76.